The van der Waals surface area contributed by atoms with Gasteiger partial charge in [-0.1, -0.05) is 5.16 Å². The van der Waals surface area contributed by atoms with Gasteiger partial charge in [-0.2, -0.15) is 0 Å². The minimum Gasteiger partial charge on any atom is -0.361 e. The van der Waals surface area contributed by atoms with Crippen molar-refractivity contribution in [1.29, 1.82) is 0 Å². The summed E-state index contributed by atoms with van der Waals surface area (Å²) in [7, 11) is 0. The highest BCUT2D eigenvalue weighted by Gasteiger charge is 2.52. The smallest absolute Gasteiger partial charge is 0.226 e. The van der Waals surface area contributed by atoms with Crippen LogP contribution in [0.2, 0.25) is 0 Å². The molecule has 0 aromatic carbocycles. The topological polar surface area (TPSA) is 71.3 Å². The standard InChI is InChI=1S/C21H26N4O2S.ClH/c1-10-19(11(2)27-24-10)20-23-17-7-12(3-6-18(17)28-20)21(26)25-8-13-14(9-25)16-5-4-15(13)22-16;/h12-16,22H,3-9H2,1-2H3;1H/t12?,13-,14+,15-,16+;. The molecule has 4 aliphatic rings. The largest absolute Gasteiger partial charge is 0.361 e. The third kappa shape index (κ3) is 2.96. The summed E-state index contributed by atoms with van der Waals surface area (Å²) in [6, 6.07) is 1.31. The Hall–Kier alpha value is -1.44. The first-order valence-corrected chi connectivity index (χ1v) is 11.4. The van der Waals surface area contributed by atoms with Gasteiger partial charge in [0, 0.05) is 42.4 Å². The summed E-state index contributed by atoms with van der Waals surface area (Å²) in [5, 5.41) is 8.81. The Balaban J connectivity index is 0.00000181. The van der Waals surface area contributed by atoms with Gasteiger partial charge in [0.05, 0.1) is 17.0 Å². The Kier molecular flexibility index (Phi) is 4.76. The Bertz CT molecular complexity index is 919. The fourth-order valence-electron chi connectivity index (χ4n) is 6.10. The van der Waals surface area contributed by atoms with Crippen molar-refractivity contribution < 1.29 is 9.32 Å². The van der Waals surface area contributed by atoms with E-state index in [-0.39, 0.29) is 18.3 Å². The second kappa shape index (κ2) is 7.06. The first kappa shape index (κ1) is 19.5. The molecule has 1 unspecified atom stereocenters. The molecule has 6 nitrogen and oxygen atoms in total. The van der Waals surface area contributed by atoms with Gasteiger partial charge in [0.1, 0.15) is 10.8 Å². The van der Waals surface area contributed by atoms with Gasteiger partial charge in [0.25, 0.3) is 0 Å². The van der Waals surface area contributed by atoms with Gasteiger partial charge in [-0.15, -0.1) is 23.7 Å². The molecular formula is C21H27ClN4O2S. The highest BCUT2D eigenvalue weighted by atomic mass is 35.5. The lowest BCUT2D eigenvalue weighted by Gasteiger charge is -2.27. The fourth-order valence-corrected chi connectivity index (χ4v) is 7.35. The van der Waals surface area contributed by atoms with Gasteiger partial charge < -0.3 is 14.7 Å². The first-order chi connectivity index (χ1) is 13.6. The normalized spacial score (nSPS) is 32.2. The molecule has 2 aromatic rings. The molecule has 3 saturated heterocycles. The molecule has 3 fully saturated rings. The lowest BCUT2D eigenvalue weighted by molar-refractivity contribution is -0.135. The second-order valence-corrected chi connectivity index (χ2v) is 10.1. The Morgan fingerprint density at radius 3 is 2.55 bits per heavy atom. The maximum atomic E-state index is 13.3. The zero-order valence-electron chi connectivity index (χ0n) is 16.8. The second-order valence-electron chi connectivity index (χ2n) is 9.06. The molecule has 5 atom stereocenters. The molecule has 0 spiro atoms. The highest BCUT2D eigenvalue weighted by Crippen LogP contribution is 2.44. The van der Waals surface area contributed by atoms with E-state index in [1.807, 2.05) is 13.8 Å². The third-order valence-electron chi connectivity index (χ3n) is 7.51. The van der Waals surface area contributed by atoms with Crippen molar-refractivity contribution >= 4 is 29.7 Å². The molecule has 0 saturated carbocycles. The van der Waals surface area contributed by atoms with Gasteiger partial charge in [-0.3, -0.25) is 4.79 Å². The van der Waals surface area contributed by atoms with Gasteiger partial charge in [-0.25, -0.2) is 4.98 Å². The number of aryl methyl sites for hydroxylation is 3. The molecule has 29 heavy (non-hydrogen) atoms. The lowest BCUT2D eigenvalue weighted by atomic mass is 9.82. The van der Waals surface area contributed by atoms with Crippen molar-refractivity contribution in [3.05, 3.63) is 22.0 Å². The molecule has 2 aromatic heterocycles. The van der Waals surface area contributed by atoms with Gasteiger partial charge in [-0.05, 0) is 51.4 Å². The quantitative estimate of drug-likeness (QED) is 0.786. The Labute approximate surface area is 180 Å². The van der Waals surface area contributed by atoms with Crippen LogP contribution in [-0.2, 0) is 17.6 Å². The number of nitrogens with zero attached hydrogens (tertiary/aromatic N) is 3. The number of fused-ring (bicyclic) bond motifs is 6. The van der Waals surface area contributed by atoms with E-state index in [0.29, 0.717) is 29.8 Å². The van der Waals surface area contributed by atoms with Crippen LogP contribution in [0.4, 0.5) is 0 Å². The molecule has 1 aliphatic carbocycles. The highest BCUT2D eigenvalue weighted by molar-refractivity contribution is 7.15. The zero-order valence-corrected chi connectivity index (χ0v) is 18.4. The number of likely N-dealkylation sites (tertiary alicyclic amines) is 1. The number of aromatic nitrogens is 2. The molecule has 1 amide bonds. The van der Waals surface area contributed by atoms with E-state index in [2.05, 4.69) is 15.4 Å². The van der Waals surface area contributed by atoms with Crippen LogP contribution in [0.5, 0.6) is 0 Å². The average molecular weight is 435 g/mol. The number of hydrogen-bond acceptors (Lipinski definition) is 6. The van der Waals surface area contributed by atoms with E-state index in [4.69, 9.17) is 9.51 Å². The van der Waals surface area contributed by atoms with Gasteiger partial charge >= 0.3 is 0 Å². The summed E-state index contributed by atoms with van der Waals surface area (Å²) in [6.07, 6.45) is 5.28. The molecule has 6 rings (SSSR count). The monoisotopic (exact) mass is 434 g/mol. The van der Waals surface area contributed by atoms with E-state index < -0.39 is 0 Å². The van der Waals surface area contributed by atoms with Crippen LogP contribution in [0.25, 0.3) is 10.6 Å². The summed E-state index contributed by atoms with van der Waals surface area (Å²) < 4.78 is 5.32. The molecule has 3 aliphatic heterocycles. The molecule has 1 N–H and O–H groups in total. The summed E-state index contributed by atoms with van der Waals surface area (Å²) in [5.74, 6) is 2.66. The number of amides is 1. The Morgan fingerprint density at radius 1 is 1.17 bits per heavy atom. The van der Waals surface area contributed by atoms with Crippen LogP contribution in [0.3, 0.4) is 0 Å². The maximum Gasteiger partial charge on any atom is 0.226 e. The summed E-state index contributed by atoms with van der Waals surface area (Å²) >= 11 is 1.75. The average Bonchev–Trinajstić information content (AvgIpc) is 3.47. The first-order valence-electron chi connectivity index (χ1n) is 10.5. The van der Waals surface area contributed by atoms with Crippen molar-refractivity contribution in [1.82, 2.24) is 20.4 Å². The van der Waals surface area contributed by atoms with Crippen LogP contribution in [-0.4, -0.2) is 46.1 Å². The zero-order chi connectivity index (χ0) is 19.0. The Morgan fingerprint density at radius 2 is 1.90 bits per heavy atom. The minimum absolute atomic E-state index is 0. The summed E-state index contributed by atoms with van der Waals surface area (Å²) in [6.45, 7) is 5.82. The molecule has 0 radical (unpaired) electrons. The molecule has 5 heterocycles. The number of carbonyl (C=O) groups is 1. The van der Waals surface area contributed by atoms with Crippen molar-refractivity contribution in [2.45, 2.75) is 58.0 Å². The summed E-state index contributed by atoms with van der Waals surface area (Å²) in [4.78, 5) is 21.7. The number of thiazole rings is 1. The van der Waals surface area contributed by atoms with E-state index in [9.17, 15) is 4.79 Å². The van der Waals surface area contributed by atoms with Crippen molar-refractivity contribution in [2.75, 3.05) is 13.1 Å². The van der Waals surface area contributed by atoms with E-state index in [1.165, 1.54) is 17.7 Å². The van der Waals surface area contributed by atoms with E-state index in [0.717, 1.165) is 60.1 Å². The SMILES string of the molecule is Cc1noc(C)c1-c1nc2c(s1)CCC(C(=O)N1C[C@@H]3[C@H](C1)[C@@H]1CC[C@H]3N1)C2.Cl. The van der Waals surface area contributed by atoms with Crippen LogP contribution in [0.1, 0.15) is 41.3 Å². The number of hydrogen-bond donors (Lipinski definition) is 1. The van der Waals surface area contributed by atoms with Crippen molar-refractivity contribution in [3.8, 4) is 10.6 Å². The van der Waals surface area contributed by atoms with E-state index in [1.54, 1.807) is 11.3 Å². The van der Waals surface area contributed by atoms with Crippen molar-refractivity contribution in [3.63, 3.8) is 0 Å². The van der Waals surface area contributed by atoms with Crippen LogP contribution in [0, 0.1) is 31.6 Å². The van der Waals surface area contributed by atoms with E-state index >= 15 is 0 Å². The van der Waals surface area contributed by atoms with Gasteiger partial charge in [0.15, 0.2) is 0 Å². The molecule has 156 valence electrons. The summed E-state index contributed by atoms with van der Waals surface area (Å²) in [5.41, 5.74) is 3.03. The fraction of sp³-hybridized carbons (Fsp3) is 0.667. The third-order valence-corrected chi connectivity index (χ3v) is 8.68. The lowest BCUT2D eigenvalue weighted by Crippen LogP contribution is -2.39. The predicted octanol–water partition coefficient (Wildman–Crippen LogP) is 3.15. The van der Waals surface area contributed by atoms with Crippen LogP contribution in [0.15, 0.2) is 4.52 Å². The minimum atomic E-state index is 0. The number of nitrogens with one attached hydrogen (secondary N) is 1. The molecule has 8 heteroatoms. The van der Waals surface area contributed by atoms with Crippen LogP contribution >= 0.6 is 23.7 Å². The molecule has 2 bridgehead atoms. The molecular weight excluding hydrogens is 408 g/mol. The number of rotatable bonds is 2. The van der Waals surface area contributed by atoms with Gasteiger partial charge in [0.2, 0.25) is 5.91 Å². The predicted molar refractivity (Wildman–Crippen MR) is 113 cm³/mol. The number of halogens is 1. The van der Waals surface area contributed by atoms with Crippen LogP contribution < -0.4 is 5.32 Å². The maximum absolute atomic E-state index is 13.3. The number of carbonyl (C=O) groups excluding carboxylic acids is 1. The van der Waals surface area contributed by atoms with Crippen molar-refractivity contribution in [2.24, 2.45) is 17.8 Å².